The minimum Gasteiger partial charge on any atom is -0.497 e. The van der Waals surface area contributed by atoms with Gasteiger partial charge in [0.15, 0.2) is 0 Å². The molecule has 78 valence electrons. The average molecular weight is 195 g/mol. The van der Waals surface area contributed by atoms with E-state index < -0.39 is 6.10 Å². The lowest BCUT2D eigenvalue weighted by Crippen LogP contribution is -2.32. The standard InChI is InChI=1S/C11H17NO2/c1-8(12)11(13)7-9-3-5-10(14-2)6-4-9/h3-6,8,11,13H,7,12H2,1-2H3. The predicted octanol–water partition coefficient (Wildman–Crippen LogP) is 0.946. The number of nitrogens with two attached hydrogens (primary N) is 1. The maximum atomic E-state index is 9.55. The van der Waals surface area contributed by atoms with Gasteiger partial charge in [0.25, 0.3) is 0 Å². The zero-order valence-electron chi connectivity index (χ0n) is 8.60. The molecule has 0 aliphatic heterocycles. The van der Waals surface area contributed by atoms with Gasteiger partial charge in [0.1, 0.15) is 5.75 Å². The highest BCUT2D eigenvalue weighted by Crippen LogP contribution is 2.13. The molecule has 0 bridgehead atoms. The highest BCUT2D eigenvalue weighted by atomic mass is 16.5. The lowest BCUT2D eigenvalue weighted by molar-refractivity contribution is 0.151. The number of benzene rings is 1. The Bertz CT molecular complexity index is 269. The molecule has 0 heterocycles. The topological polar surface area (TPSA) is 55.5 Å². The van der Waals surface area contributed by atoms with E-state index in [1.165, 1.54) is 0 Å². The van der Waals surface area contributed by atoms with Gasteiger partial charge in [-0.25, -0.2) is 0 Å². The van der Waals surface area contributed by atoms with E-state index in [0.29, 0.717) is 6.42 Å². The second kappa shape index (κ2) is 4.98. The molecule has 1 rings (SSSR count). The summed E-state index contributed by atoms with van der Waals surface area (Å²) in [5, 5.41) is 9.55. The first-order valence-electron chi connectivity index (χ1n) is 4.70. The highest BCUT2D eigenvalue weighted by molar-refractivity contribution is 5.27. The first-order valence-corrected chi connectivity index (χ1v) is 4.70. The quantitative estimate of drug-likeness (QED) is 0.752. The van der Waals surface area contributed by atoms with E-state index in [2.05, 4.69) is 0 Å². The first-order chi connectivity index (χ1) is 6.63. The van der Waals surface area contributed by atoms with E-state index in [4.69, 9.17) is 10.5 Å². The van der Waals surface area contributed by atoms with Crippen molar-refractivity contribution in [1.29, 1.82) is 0 Å². The van der Waals surface area contributed by atoms with Gasteiger partial charge in [-0.1, -0.05) is 12.1 Å². The molecule has 1 aromatic carbocycles. The molecule has 0 saturated carbocycles. The molecule has 3 N–H and O–H groups in total. The predicted molar refractivity (Wildman–Crippen MR) is 56.4 cm³/mol. The Balaban J connectivity index is 2.59. The van der Waals surface area contributed by atoms with Crippen LogP contribution in [0, 0.1) is 0 Å². The third-order valence-electron chi connectivity index (χ3n) is 2.21. The average Bonchev–Trinajstić information content (AvgIpc) is 2.19. The largest absolute Gasteiger partial charge is 0.497 e. The Labute approximate surface area is 84.5 Å². The van der Waals surface area contributed by atoms with Crippen molar-refractivity contribution in [1.82, 2.24) is 0 Å². The second-order valence-corrected chi connectivity index (χ2v) is 3.48. The van der Waals surface area contributed by atoms with Crippen LogP contribution in [0.5, 0.6) is 5.75 Å². The van der Waals surface area contributed by atoms with Gasteiger partial charge in [-0.2, -0.15) is 0 Å². The minimum absolute atomic E-state index is 0.197. The molecule has 0 aromatic heterocycles. The fourth-order valence-corrected chi connectivity index (χ4v) is 1.19. The Morgan fingerprint density at radius 2 is 1.93 bits per heavy atom. The van der Waals surface area contributed by atoms with E-state index in [9.17, 15) is 5.11 Å². The highest BCUT2D eigenvalue weighted by Gasteiger charge is 2.09. The second-order valence-electron chi connectivity index (χ2n) is 3.48. The van der Waals surface area contributed by atoms with Gasteiger partial charge in [-0.15, -0.1) is 0 Å². The van der Waals surface area contributed by atoms with Crippen LogP contribution in [0.2, 0.25) is 0 Å². The number of hydrogen-bond donors (Lipinski definition) is 2. The van der Waals surface area contributed by atoms with Crippen molar-refractivity contribution in [2.75, 3.05) is 7.11 Å². The van der Waals surface area contributed by atoms with Gasteiger partial charge >= 0.3 is 0 Å². The monoisotopic (exact) mass is 195 g/mol. The fourth-order valence-electron chi connectivity index (χ4n) is 1.19. The summed E-state index contributed by atoms with van der Waals surface area (Å²) in [6, 6.07) is 7.43. The lowest BCUT2D eigenvalue weighted by Gasteiger charge is -2.14. The molecule has 14 heavy (non-hydrogen) atoms. The molecule has 0 saturated heterocycles. The molecule has 2 atom stereocenters. The fraction of sp³-hybridized carbons (Fsp3) is 0.455. The Morgan fingerprint density at radius 3 is 2.36 bits per heavy atom. The normalized spacial score (nSPS) is 14.9. The van der Waals surface area contributed by atoms with Crippen LogP contribution in [0.3, 0.4) is 0 Å². The van der Waals surface area contributed by atoms with Gasteiger partial charge in [0.2, 0.25) is 0 Å². The third kappa shape index (κ3) is 3.01. The molecule has 0 amide bonds. The first kappa shape index (κ1) is 11.0. The summed E-state index contributed by atoms with van der Waals surface area (Å²) in [7, 11) is 1.63. The van der Waals surface area contributed by atoms with Crippen LogP contribution in [0.1, 0.15) is 12.5 Å². The van der Waals surface area contributed by atoms with E-state index in [0.717, 1.165) is 11.3 Å². The van der Waals surface area contributed by atoms with Gasteiger partial charge < -0.3 is 15.6 Å². The van der Waals surface area contributed by atoms with Crippen LogP contribution in [0.25, 0.3) is 0 Å². The molecule has 0 radical (unpaired) electrons. The SMILES string of the molecule is COc1ccc(CC(O)C(C)N)cc1. The maximum Gasteiger partial charge on any atom is 0.118 e. The Kier molecular flexibility index (Phi) is 3.92. The summed E-state index contributed by atoms with van der Waals surface area (Å²) in [6.45, 7) is 1.80. The van der Waals surface area contributed by atoms with Crippen LogP contribution in [0.4, 0.5) is 0 Å². The van der Waals surface area contributed by atoms with Crippen LogP contribution in [-0.2, 0) is 6.42 Å². The van der Waals surface area contributed by atoms with Crippen molar-refractivity contribution in [3.63, 3.8) is 0 Å². The zero-order chi connectivity index (χ0) is 10.6. The van der Waals surface area contributed by atoms with Gasteiger partial charge in [-0.3, -0.25) is 0 Å². The summed E-state index contributed by atoms with van der Waals surface area (Å²) < 4.78 is 5.03. The summed E-state index contributed by atoms with van der Waals surface area (Å²) in [5.41, 5.74) is 6.63. The molecular weight excluding hydrogens is 178 g/mol. The van der Waals surface area contributed by atoms with Gasteiger partial charge in [-0.05, 0) is 31.0 Å². The maximum absolute atomic E-state index is 9.55. The molecule has 3 heteroatoms. The van der Waals surface area contributed by atoms with Crippen LogP contribution in [-0.4, -0.2) is 24.4 Å². The molecule has 0 aliphatic carbocycles. The molecular formula is C11H17NO2. The van der Waals surface area contributed by atoms with Crippen molar-refractivity contribution in [3.8, 4) is 5.75 Å². The number of aliphatic hydroxyl groups excluding tert-OH is 1. The Morgan fingerprint density at radius 1 is 1.36 bits per heavy atom. The summed E-state index contributed by atoms with van der Waals surface area (Å²) in [4.78, 5) is 0. The summed E-state index contributed by atoms with van der Waals surface area (Å²) >= 11 is 0. The molecule has 3 nitrogen and oxygen atoms in total. The number of ether oxygens (including phenoxy) is 1. The number of aliphatic hydroxyl groups is 1. The number of hydrogen-bond acceptors (Lipinski definition) is 3. The van der Waals surface area contributed by atoms with Crippen molar-refractivity contribution in [3.05, 3.63) is 29.8 Å². The van der Waals surface area contributed by atoms with E-state index in [1.807, 2.05) is 24.3 Å². The van der Waals surface area contributed by atoms with E-state index in [-0.39, 0.29) is 6.04 Å². The van der Waals surface area contributed by atoms with Crippen molar-refractivity contribution in [2.45, 2.75) is 25.5 Å². The number of methoxy groups -OCH3 is 1. The van der Waals surface area contributed by atoms with Crippen molar-refractivity contribution < 1.29 is 9.84 Å². The van der Waals surface area contributed by atoms with E-state index >= 15 is 0 Å². The molecule has 0 aliphatic rings. The van der Waals surface area contributed by atoms with Crippen LogP contribution >= 0.6 is 0 Å². The third-order valence-corrected chi connectivity index (χ3v) is 2.21. The molecule has 1 aromatic rings. The minimum atomic E-state index is -0.483. The molecule has 0 fully saturated rings. The molecule has 0 spiro atoms. The Hall–Kier alpha value is -1.06. The summed E-state index contributed by atoms with van der Waals surface area (Å²) in [6.07, 6.45) is 0.102. The van der Waals surface area contributed by atoms with Crippen LogP contribution in [0.15, 0.2) is 24.3 Å². The van der Waals surface area contributed by atoms with E-state index in [1.54, 1.807) is 14.0 Å². The number of rotatable bonds is 4. The van der Waals surface area contributed by atoms with Crippen LogP contribution < -0.4 is 10.5 Å². The van der Waals surface area contributed by atoms with Gasteiger partial charge in [0, 0.05) is 6.04 Å². The smallest absolute Gasteiger partial charge is 0.118 e. The van der Waals surface area contributed by atoms with Crippen molar-refractivity contribution >= 4 is 0 Å². The summed E-state index contributed by atoms with van der Waals surface area (Å²) in [5.74, 6) is 0.823. The molecule has 2 unspecified atom stereocenters. The lowest BCUT2D eigenvalue weighted by atomic mass is 10.0. The zero-order valence-corrected chi connectivity index (χ0v) is 8.60. The van der Waals surface area contributed by atoms with Gasteiger partial charge in [0.05, 0.1) is 13.2 Å². The van der Waals surface area contributed by atoms with Crippen molar-refractivity contribution in [2.24, 2.45) is 5.73 Å².